The lowest BCUT2D eigenvalue weighted by Crippen LogP contribution is -2.37. The Morgan fingerprint density at radius 3 is 2.13 bits per heavy atom. The molecule has 1 aromatic carbocycles. The summed E-state index contributed by atoms with van der Waals surface area (Å²) in [5.41, 5.74) is -0.355. The van der Waals surface area contributed by atoms with E-state index in [1.165, 1.54) is 6.07 Å². The molecule has 5 nitrogen and oxygen atoms in total. The van der Waals surface area contributed by atoms with Crippen molar-refractivity contribution in [2.75, 3.05) is 0 Å². The first-order valence-electron chi connectivity index (χ1n) is 7.44. The second kappa shape index (κ2) is 6.02. The molecular formula is C16H27N3O2SSi. The molecule has 0 spiro atoms. The third kappa shape index (κ3) is 4.64. The fourth-order valence-corrected chi connectivity index (χ4v) is 6.54. The Morgan fingerprint density at radius 1 is 1.22 bits per heavy atom. The lowest BCUT2D eigenvalue weighted by molar-refractivity contribution is 0.0783. The SMILES string of the molecule is CC(C)(O)c1cc(C#N)cc(S(N)(=O)=N[Si](C)(C)C(C)(C)C)c1. The molecule has 0 amide bonds. The van der Waals surface area contributed by atoms with Gasteiger partial charge in [0.15, 0.2) is 8.24 Å². The van der Waals surface area contributed by atoms with Crippen molar-refractivity contribution in [3.63, 3.8) is 0 Å². The van der Waals surface area contributed by atoms with Crippen molar-refractivity contribution in [1.82, 2.24) is 0 Å². The minimum atomic E-state index is -3.14. The van der Waals surface area contributed by atoms with Gasteiger partial charge in [0.2, 0.25) is 0 Å². The van der Waals surface area contributed by atoms with Crippen LogP contribution in [0.1, 0.15) is 45.7 Å². The van der Waals surface area contributed by atoms with E-state index in [2.05, 4.69) is 24.8 Å². The molecule has 1 atom stereocenters. The number of hydrogen-bond donors (Lipinski definition) is 2. The van der Waals surface area contributed by atoms with Crippen LogP contribution in [-0.2, 0) is 15.5 Å². The van der Waals surface area contributed by atoms with E-state index >= 15 is 0 Å². The normalized spacial score (nSPS) is 15.7. The van der Waals surface area contributed by atoms with Gasteiger partial charge >= 0.3 is 0 Å². The predicted molar refractivity (Wildman–Crippen MR) is 96.6 cm³/mol. The van der Waals surface area contributed by atoms with Crippen LogP contribution in [0.15, 0.2) is 27.1 Å². The summed E-state index contributed by atoms with van der Waals surface area (Å²) < 4.78 is 17.6. The van der Waals surface area contributed by atoms with Crippen molar-refractivity contribution in [1.29, 1.82) is 5.26 Å². The molecule has 0 bridgehead atoms. The van der Waals surface area contributed by atoms with E-state index in [9.17, 15) is 14.6 Å². The van der Waals surface area contributed by atoms with Gasteiger partial charge < -0.3 is 5.11 Å². The van der Waals surface area contributed by atoms with Gasteiger partial charge in [0, 0.05) is 0 Å². The predicted octanol–water partition coefficient (Wildman–Crippen LogP) is 3.49. The molecule has 7 heteroatoms. The first kappa shape index (κ1) is 19.8. The molecule has 23 heavy (non-hydrogen) atoms. The second-order valence-electron chi connectivity index (χ2n) is 7.89. The molecule has 1 rings (SSSR count). The van der Waals surface area contributed by atoms with Crippen molar-refractivity contribution < 1.29 is 9.32 Å². The summed E-state index contributed by atoms with van der Waals surface area (Å²) in [6, 6.07) is 6.67. The Kier molecular flexibility index (Phi) is 5.19. The van der Waals surface area contributed by atoms with E-state index in [4.69, 9.17) is 5.14 Å². The van der Waals surface area contributed by atoms with E-state index in [1.807, 2.05) is 19.2 Å². The number of nitrogens with two attached hydrogens (primary N) is 1. The van der Waals surface area contributed by atoms with Crippen LogP contribution in [0.2, 0.25) is 18.1 Å². The molecule has 0 aromatic heterocycles. The first-order chi connectivity index (χ1) is 10.1. The van der Waals surface area contributed by atoms with Crippen LogP contribution >= 0.6 is 0 Å². The Balaban J connectivity index is 3.63. The van der Waals surface area contributed by atoms with Gasteiger partial charge in [-0.3, -0.25) is 4.03 Å². The van der Waals surface area contributed by atoms with Gasteiger partial charge in [-0.1, -0.05) is 20.8 Å². The van der Waals surface area contributed by atoms with Crippen LogP contribution in [0.5, 0.6) is 0 Å². The third-order valence-electron chi connectivity index (χ3n) is 4.28. The van der Waals surface area contributed by atoms with Crippen LogP contribution in [0.4, 0.5) is 0 Å². The molecule has 0 aliphatic heterocycles. The first-order valence-corrected chi connectivity index (χ1v) is 12.0. The molecule has 1 aromatic rings. The largest absolute Gasteiger partial charge is 0.386 e. The third-order valence-corrected chi connectivity index (χ3v) is 11.8. The molecule has 0 radical (unpaired) electrons. The van der Waals surface area contributed by atoms with Crippen molar-refractivity contribution >= 4 is 18.2 Å². The Bertz CT molecular complexity index is 759. The van der Waals surface area contributed by atoms with Gasteiger partial charge in [0.25, 0.3) is 0 Å². The average molecular weight is 354 g/mol. The number of nitriles is 1. The van der Waals surface area contributed by atoms with Crippen molar-refractivity contribution in [3.05, 3.63) is 29.3 Å². The number of benzene rings is 1. The molecular weight excluding hydrogens is 326 g/mol. The molecule has 3 N–H and O–H groups in total. The van der Waals surface area contributed by atoms with Gasteiger partial charge in [-0.25, -0.2) is 9.35 Å². The zero-order valence-electron chi connectivity index (χ0n) is 15.0. The summed E-state index contributed by atoms with van der Waals surface area (Å²) in [5, 5.41) is 25.4. The Hall–Kier alpha value is -1.20. The highest BCUT2D eigenvalue weighted by Gasteiger charge is 2.37. The van der Waals surface area contributed by atoms with E-state index in [-0.39, 0.29) is 5.04 Å². The van der Waals surface area contributed by atoms with Gasteiger partial charge in [-0.15, -0.1) is 0 Å². The van der Waals surface area contributed by atoms with Gasteiger partial charge in [-0.05, 0) is 55.7 Å². The summed E-state index contributed by atoms with van der Waals surface area (Å²) >= 11 is 0. The zero-order chi connectivity index (χ0) is 18.3. The topological polar surface area (TPSA) is 99.5 Å². The minimum Gasteiger partial charge on any atom is -0.386 e. The van der Waals surface area contributed by atoms with Crippen molar-refractivity contribution in [3.8, 4) is 6.07 Å². The molecule has 0 saturated carbocycles. The summed E-state index contributed by atoms with van der Waals surface area (Å²) in [7, 11) is -5.38. The van der Waals surface area contributed by atoms with E-state index in [0.717, 1.165) is 0 Å². The Morgan fingerprint density at radius 2 is 1.74 bits per heavy atom. The summed E-state index contributed by atoms with van der Waals surface area (Å²) in [6.45, 7) is 13.4. The highest BCUT2D eigenvalue weighted by molar-refractivity contribution is 7.92. The lowest BCUT2D eigenvalue weighted by Gasteiger charge is -2.32. The van der Waals surface area contributed by atoms with Crippen molar-refractivity contribution in [2.24, 2.45) is 9.17 Å². The molecule has 0 aliphatic carbocycles. The summed E-state index contributed by atoms with van der Waals surface area (Å²) in [5.74, 6) is 0. The summed E-state index contributed by atoms with van der Waals surface area (Å²) in [4.78, 5) is 0.290. The van der Waals surface area contributed by atoms with E-state index in [0.29, 0.717) is 16.0 Å². The van der Waals surface area contributed by atoms with Crippen LogP contribution < -0.4 is 5.14 Å². The smallest absolute Gasteiger partial charge is 0.195 e. The quantitative estimate of drug-likeness (QED) is 0.813. The zero-order valence-corrected chi connectivity index (χ0v) is 16.8. The molecule has 0 aliphatic rings. The lowest BCUT2D eigenvalue weighted by atomic mass is 9.97. The molecule has 0 saturated heterocycles. The van der Waals surface area contributed by atoms with Crippen LogP contribution in [0, 0.1) is 11.3 Å². The molecule has 1 unspecified atom stereocenters. The number of hydrogen-bond acceptors (Lipinski definition) is 4. The molecule has 0 heterocycles. The van der Waals surface area contributed by atoms with Gasteiger partial charge in [0.05, 0.1) is 22.1 Å². The van der Waals surface area contributed by atoms with Crippen molar-refractivity contribution in [2.45, 2.75) is 63.2 Å². The van der Waals surface area contributed by atoms with Crippen LogP contribution in [0.25, 0.3) is 0 Å². The summed E-state index contributed by atoms with van der Waals surface area (Å²) in [6.07, 6.45) is 0. The van der Waals surface area contributed by atoms with E-state index < -0.39 is 23.8 Å². The van der Waals surface area contributed by atoms with Gasteiger partial charge in [-0.2, -0.15) is 5.26 Å². The number of aliphatic hydroxyl groups is 1. The van der Waals surface area contributed by atoms with Crippen LogP contribution in [-0.4, -0.2) is 17.6 Å². The highest BCUT2D eigenvalue weighted by Crippen LogP contribution is 2.38. The second-order valence-corrected chi connectivity index (χ2v) is 14.8. The Labute approximate surface area is 140 Å². The standard InChI is InChI=1S/C16H27N3O2SSi/c1-15(2,3)23(6,7)19-22(18,21)14-9-12(11-17)8-13(10-14)16(4,5)20/h8-10,20H,1-7H3,(H2,18,19,21). The average Bonchev–Trinajstić information content (AvgIpc) is 2.34. The van der Waals surface area contributed by atoms with Gasteiger partial charge in [0.1, 0.15) is 9.92 Å². The monoisotopic (exact) mass is 353 g/mol. The minimum absolute atomic E-state index is 0.0963. The highest BCUT2D eigenvalue weighted by atomic mass is 32.2. The maximum atomic E-state index is 13.1. The van der Waals surface area contributed by atoms with E-state index in [1.54, 1.807) is 26.0 Å². The van der Waals surface area contributed by atoms with Crippen LogP contribution in [0.3, 0.4) is 0 Å². The number of rotatable bonds is 3. The number of nitrogens with zero attached hydrogens (tertiary/aromatic N) is 2. The molecule has 128 valence electrons. The maximum absolute atomic E-state index is 13.1. The molecule has 0 fully saturated rings. The fraction of sp³-hybridized carbons (Fsp3) is 0.562. The fourth-order valence-electron chi connectivity index (χ4n) is 1.71. The maximum Gasteiger partial charge on any atom is 0.195 e.